The lowest BCUT2D eigenvalue weighted by Gasteiger charge is -2.23. The zero-order valence-corrected chi connectivity index (χ0v) is 19.4. The molecule has 1 aromatic heterocycles. The van der Waals surface area contributed by atoms with Gasteiger partial charge in [-0.05, 0) is 64.0 Å². The second-order valence-corrected chi connectivity index (χ2v) is 8.54. The maximum absolute atomic E-state index is 13.2. The van der Waals surface area contributed by atoms with Crippen LogP contribution in [0.4, 0.5) is 5.95 Å². The van der Waals surface area contributed by atoms with Crippen molar-refractivity contribution in [1.29, 1.82) is 0 Å². The molecular formula is C25H18BrN3O5. The summed E-state index contributed by atoms with van der Waals surface area (Å²) in [7, 11) is 1.52. The van der Waals surface area contributed by atoms with Crippen molar-refractivity contribution in [3.8, 4) is 11.5 Å². The molecule has 1 amide bonds. The summed E-state index contributed by atoms with van der Waals surface area (Å²) in [4.78, 5) is 35.3. The molecule has 4 aromatic rings. The van der Waals surface area contributed by atoms with Crippen molar-refractivity contribution in [2.45, 2.75) is 6.04 Å². The van der Waals surface area contributed by atoms with E-state index in [0.717, 1.165) is 0 Å². The number of carbonyl (C=O) groups excluding carboxylic acids is 2. The van der Waals surface area contributed by atoms with Gasteiger partial charge in [-0.3, -0.25) is 14.5 Å². The zero-order chi connectivity index (χ0) is 24.0. The number of ether oxygens (including phenoxy) is 1. The number of phenolic OH excluding ortho intramolecular Hbond substituents is 1. The minimum Gasteiger partial charge on any atom is -0.508 e. The van der Waals surface area contributed by atoms with Gasteiger partial charge in [0.2, 0.25) is 5.95 Å². The molecule has 8 nitrogen and oxygen atoms in total. The predicted molar refractivity (Wildman–Crippen MR) is 130 cm³/mol. The number of rotatable bonds is 4. The number of ketones is 1. The lowest BCUT2D eigenvalue weighted by molar-refractivity contribution is -0.132. The average Bonchev–Trinajstić information content (AvgIpc) is 3.37. The lowest BCUT2D eigenvalue weighted by Crippen LogP contribution is -2.30. The second kappa shape index (κ2) is 8.35. The van der Waals surface area contributed by atoms with Gasteiger partial charge in [-0.15, -0.1) is 0 Å². The van der Waals surface area contributed by atoms with E-state index in [1.165, 1.54) is 24.1 Å². The Labute approximate surface area is 202 Å². The molecule has 1 aliphatic rings. The van der Waals surface area contributed by atoms with Crippen LogP contribution in [0.15, 0.2) is 76.8 Å². The Bertz CT molecular complexity index is 1440. The number of methoxy groups -OCH3 is 1. The minimum atomic E-state index is -0.970. The molecule has 5 rings (SSSR count). The quantitative estimate of drug-likeness (QED) is 0.205. The van der Waals surface area contributed by atoms with Crippen molar-refractivity contribution < 1.29 is 24.5 Å². The number of aromatic hydroxyl groups is 1. The van der Waals surface area contributed by atoms with Gasteiger partial charge in [0, 0.05) is 5.56 Å². The van der Waals surface area contributed by atoms with Gasteiger partial charge in [-0.1, -0.05) is 24.3 Å². The van der Waals surface area contributed by atoms with Crippen LogP contribution in [0.25, 0.3) is 16.8 Å². The molecule has 170 valence electrons. The highest BCUT2D eigenvalue weighted by Crippen LogP contribution is 2.42. The SMILES string of the molecule is COc1ccc(/C(O)=C2\C(=O)C(=O)N(c3nc4ccccc4[nH]3)C2c2ccc(O)cc2)cc1Br. The van der Waals surface area contributed by atoms with Gasteiger partial charge in [0.1, 0.15) is 17.3 Å². The molecule has 0 bridgehead atoms. The summed E-state index contributed by atoms with van der Waals surface area (Å²) >= 11 is 3.38. The Hall–Kier alpha value is -4.11. The van der Waals surface area contributed by atoms with Gasteiger partial charge in [0.15, 0.2) is 0 Å². The van der Waals surface area contributed by atoms with E-state index in [9.17, 15) is 19.8 Å². The molecule has 0 radical (unpaired) electrons. The monoisotopic (exact) mass is 519 g/mol. The van der Waals surface area contributed by atoms with Crippen LogP contribution >= 0.6 is 15.9 Å². The fourth-order valence-electron chi connectivity index (χ4n) is 4.05. The van der Waals surface area contributed by atoms with Crippen LogP contribution in [-0.4, -0.2) is 39.0 Å². The maximum Gasteiger partial charge on any atom is 0.302 e. The van der Waals surface area contributed by atoms with E-state index in [0.29, 0.717) is 32.4 Å². The zero-order valence-electron chi connectivity index (χ0n) is 17.8. The molecule has 0 spiro atoms. The van der Waals surface area contributed by atoms with E-state index in [1.807, 2.05) is 18.2 Å². The maximum atomic E-state index is 13.2. The van der Waals surface area contributed by atoms with Gasteiger partial charge < -0.3 is 19.9 Å². The van der Waals surface area contributed by atoms with Crippen molar-refractivity contribution in [2.24, 2.45) is 0 Å². The summed E-state index contributed by atoms with van der Waals surface area (Å²) in [6.07, 6.45) is 0. The van der Waals surface area contributed by atoms with Crippen molar-refractivity contribution in [2.75, 3.05) is 12.0 Å². The number of carbonyl (C=O) groups is 2. The van der Waals surface area contributed by atoms with Crippen LogP contribution in [0.1, 0.15) is 17.2 Å². The Balaban J connectivity index is 1.72. The average molecular weight is 520 g/mol. The van der Waals surface area contributed by atoms with Crippen LogP contribution in [0.5, 0.6) is 11.5 Å². The summed E-state index contributed by atoms with van der Waals surface area (Å²) in [6.45, 7) is 0. The van der Waals surface area contributed by atoms with Crippen LogP contribution in [0, 0.1) is 0 Å². The third-order valence-electron chi connectivity index (χ3n) is 5.68. The number of hydrogen-bond donors (Lipinski definition) is 3. The smallest absolute Gasteiger partial charge is 0.302 e. The van der Waals surface area contributed by atoms with Crippen LogP contribution in [-0.2, 0) is 9.59 Å². The van der Waals surface area contributed by atoms with Gasteiger partial charge in [-0.2, -0.15) is 0 Å². The third-order valence-corrected chi connectivity index (χ3v) is 6.30. The van der Waals surface area contributed by atoms with Crippen molar-refractivity contribution in [1.82, 2.24) is 9.97 Å². The molecule has 1 unspecified atom stereocenters. The summed E-state index contributed by atoms with van der Waals surface area (Å²) in [5.41, 5.74) is 2.09. The number of Topliss-reactive ketones (excluding diaryl/α,β-unsaturated/α-hetero) is 1. The van der Waals surface area contributed by atoms with Crippen molar-refractivity contribution in [3.63, 3.8) is 0 Å². The summed E-state index contributed by atoms with van der Waals surface area (Å²) in [5, 5.41) is 21.0. The minimum absolute atomic E-state index is 0.0310. The van der Waals surface area contributed by atoms with Crippen LogP contribution < -0.4 is 9.64 Å². The standard InChI is InChI=1S/C25H18BrN3O5/c1-34-19-11-8-14(12-16(19)26)22(31)20-21(13-6-9-15(30)10-7-13)29(24(33)23(20)32)25-27-17-4-2-3-5-18(17)28-25/h2-12,21,30-31H,1H3,(H,27,28)/b22-20+. The number of aliphatic hydroxyl groups is 1. The molecule has 2 heterocycles. The number of aliphatic hydroxyl groups excluding tert-OH is 1. The van der Waals surface area contributed by atoms with E-state index in [4.69, 9.17) is 4.74 Å². The molecule has 1 atom stereocenters. The Morgan fingerprint density at radius 3 is 2.50 bits per heavy atom. The normalized spacial score (nSPS) is 17.5. The van der Waals surface area contributed by atoms with Gasteiger partial charge in [0.05, 0.1) is 34.2 Å². The Morgan fingerprint density at radius 1 is 1.09 bits per heavy atom. The molecule has 1 saturated heterocycles. The molecule has 34 heavy (non-hydrogen) atoms. The molecule has 1 fully saturated rings. The topological polar surface area (TPSA) is 116 Å². The largest absolute Gasteiger partial charge is 0.508 e. The van der Waals surface area contributed by atoms with Gasteiger partial charge >= 0.3 is 5.91 Å². The predicted octanol–water partition coefficient (Wildman–Crippen LogP) is 4.67. The van der Waals surface area contributed by atoms with Crippen LogP contribution in [0.2, 0.25) is 0 Å². The summed E-state index contributed by atoms with van der Waals surface area (Å²) in [6, 6.07) is 17.2. The number of H-pyrrole nitrogens is 1. The molecule has 0 aliphatic carbocycles. The summed E-state index contributed by atoms with van der Waals surface area (Å²) < 4.78 is 5.81. The van der Waals surface area contributed by atoms with E-state index in [1.54, 1.807) is 36.4 Å². The number of amides is 1. The number of phenols is 1. The first-order valence-electron chi connectivity index (χ1n) is 10.3. The number of halogens is 1. The van der Waals surface area contributed by atoms with E-state index < -0.39 is 17.7 Å². The van der Waals surface area contributed by atoms with Crippen LogP contribution in [0.3, 0.4) is 0 Å². The molecule has 0 saturated carbocycles. The number of para-hydroxylation sites is 2. The number of aromatic nitrogens is 2. The number of nitrogens with one attached hydrogen (secondary N) is 1. The number of benzene rings is 3. The molecule has 9 heteroatoms. The number of anilines is 1. The highest BCUT2D eigenvalue weighted by molar-refractivity contribution is 9.10. The molecule has 3 aromatic carbocycles. The van der Waals surface area contributed by atoms with E-state index in [2.05, 4.69) is 25.9 Å². The number of fused-ring (bicyclic) bond motifs is 1. The highest BCUT2D eigenvalue weighted by Gasteiger charge is 2.48. The van der Waals surface area contributed by atoms with Crippen molar-refractivity contribution in [3.05, 3.63) is 87.9 Å². The first-order chi connectivity index (χ1) is 16.4. The fraction of sp³-hybridized carbons (Fsp3) is 0.0800. The first-order valence-corrected chi connectivity index (χ1v) is 11.1. The summed E-state index contributed by atoms with van der Waals surface area (Å²) in [5.74, 6) is -1.25. The number of aromatic amines is 1. The van der Waals surface area contributed by atoms with E-state index in [-0.39, 0.29) is 23.0 Å². The van der Waals surface area contributed by atoms with Gasteiger partial charge in [0.25, 0.3) is 5.78 Å². The third kappa shape index (κ3) is 3.50. The second-order valence-electron chi connectivity index (χ2n) is 7.69. The molecule has 3 N–H and O–H groups in total. The Morgan fingerprint density at radius 2 is 1.82 bits per heavy atom. The number of imidazole rings is 1. The van der Waals surface area contributed by atoms with Crippen molar-refractivity contribution >= 4 is 50.4 Å². The molecular weight excluding hydrogens is 502 g/mol. The fourth-order valence-corrected chi connectivity index (χ4v) is 4.59. The Kier molecular flexibility index (Phi) is 5.33. The number of nitrogens with zero attached hydrogens (tertiary/aromatic N) is 2. The first kappa shape index (κ1) is 21.7. The lowest BCUT2D eigenvalue weighted by atomic mass is 9.95. The molecule has 1 aliphatic heterocycles. The van der Waals surface area contributed by atoms with Gasteiger partial charge in [-0.25, -0.2) is 4.98 Å². The highest BCUT2D eigenvalue weighted by atomic mass is 79.9. The number of hydrogen-bond acceptors (Lipinski definition) is 6. The van der Waals surface area contributed by atoms with E-state index >= 15 is 0 Å².